The number of aliphatic imine (C=N–C) groups is 1. The van der Waals surface area contributed by atoms with E-state index in [-0.39, 0.29) is 0 Å². The Bertz CT molecular complexity index is 3450. The molecule has 2 nitrogen and oxygen atoms in total. The zero-order valence-electron chi connectivity index (χ0n) is 31.5. The van der Waals surface area contributed by atoms with Gasteiger partial charge >= 0.3 is 0 Å². The highest BCUT2D eigenvalue weighted by Gasteiger charge is 2.18. The Morgan fingerprint density at radius 2 is 0.914 bits per heavy atom. The molecule has 58 heavy (non-hydrogen) atoms. The van der Waals surface area contributed by atoms with Crippen LogP contribution in [0.25, 0.3) is 94.9 Å². The van der Waals surface area contributed by atoms with Gasteiger partial charge in [-0.15, -0.1) is 34.0 Å². The highest BCUT2D eigenvalue weighted by molar-refractivity contribution is 7.26. The van der Waals surface area contributed by atoms with Gasteiger partial charge in [0.15, 0.2) is 0 Å². The minimum Gasteiger partial charge on any atom is -0.290 e. The lowest BCUT2D eigenvalue weighted by molar-refractivity contribution is 1.48. The average Bonchev–Trinajstić information content (AvgIpc) is 3.96. The molecule has 274 valence electrons. The van der Waals surface area contributed by atoms with Crippen LogP contribution in [-0.4, -0.2) is 12.1 Å². The Labute approximate surface area is 348 Å². The average molecular weight is 795 g/mol. The highest BCUT2D eigenvalue weighted by atomic mass is 32.1. The molecule has 3 heterocycles. The molecule has 1 N–H and O–H groups in total. The van der Waals surface area contributed by atoms with Crippen molar-refractivity contribution >= 4 is 96.5 Å². The van der Waals surface area contributed by atoms with E-state index < -0.39 is 0 Å². The van der Waals surface area contributed by atoms with Crippen LogP contribution in [0.5, 0.6) is 0 Å². The topological polar surface area (TPSA) is 36.2 Å². The molecule has 0 bridgehead atoms. The summed E-state index contributed by atoms with van der Waals surface area (Å²) < 4.78 is 6.48. The van der Waals surface area contributed by atoms with Crippen LogP contribution in [-0.2, 0) is 0 Å². The van der Waals surface area contributed by atoms with E-state index in [2.05, 4.69) is 183 Å². The predicted octanol–water partition coefficient (Wildman–Crippen LogP) is 16.1. The maximum Gasteiger partial charge on any atom is 0.107 e. The summed E-state index contributed by atoms with van der Waals surface area (Å²) >= 11 is 5.48. The van der Waals surface area contributed by atoms with E-state index in [1.807, 2.05) is 22.7 Å². The summed E-state index contributed by atoms with van der Waals surface area (Å²) in [6.45, 7) is 2.19. The van der Waals surface area contributed by atoms with Crippen molar-refractivity contribution in [3.8, 4) is 44.5 Å². The van der Waals surface area contributed by atoms with E-state index in [1.54, 1.807) is 11.3 Å². The molecule has 3 aromatic heterocycles. The molecule has 11 aromatic rings. The molecule has 0 amide bonds. The smallest absolute Gasteiger partial charge is 0.107 e. The Morgan fingerprint density at radius 1 is 0.431 bits per heavy atom. The van der Waals surface area contributed by atoms with Crippen LogP contribution in [0.1, 0.15) is 16.0 Å². The van der Waals surface area contributed by atoms with Crippen molar-refractivity contribution in [1.29, 1.82) is 5.41 Å². The van der Waals surface area contributed by atoms with Crippen molar-refractivity contribution in [3.05, 3.63) is 192 Å². The Kier molecular flexibility index (Phi) is 8.47. The van der Waals surface area contributed by atoms with E-state index in [0.29, 0.717) is 0 Å². The minimum absolute atomic E-state index is 0.821. The molecule has 0 saturated heterocycles. The van der Waals surface area contributed by atoms with E-state index in [4.69, 9.17) is 10.4 Å². The third kappa shape index (κ3) is 5.82. The fraction of sp³-hybridized carbons (Fsp3) is 0.0189. The van der Waals surface area contributed by atoms with Gasteiger partial charge in [-0.25, -0.2) is 4.99 Å². The van der Waals surface area contributed by atoms with E-state index in [0.717, 1.165) is 27.3 Å². The number of nitrogens with one attached hydrogen (secondary N) is 1. The van der Waals surface area contributed by atoms with Gasteiger partial charge in [0.2, 0.25) is 0 Å². The summed E-state index contributed by atoms with van der Waals surface area (Å²) in [5.74, 6) is 0. The van der Waals surface area contributed by atoms with Crippen LogP contribution >= 0.6 is 34.0 Å². The maximum absolute atomic E-state index is 8.10. The largest absolute Gasteiger partial charge is 0.290 e. The number of aryl methyl sites for hydroxylation is 1. The SMILES string of the molecule is Cc1c(C(=NC=N)c2cccc(-c3cccc(-c4cccc5c4sc4ccccc45)c3)c2)sc2ccc(-c3cccc(-c4cccc5c4sc4ccccc45)c3)cc12. The Hall–Kier alpha value is -6.50. The van der Waals surface area contributed by atoms with Gasteiger partial charge in [0.1, 0.15) is 6.34 Å². The summed E-state index contributed by atoms with van der Waals surface area (Å²) in [5, 5.41) is 14.6. The third-order valence-electron chi connectivity index (χ3n) is 11.3. The Balaban J connectivity index is 0.942. The van der Waals surface area contributed by atoms with E-state index in [1.165, 1.54) is 95.7 Å². The zero-order chi connectivity index (χ0) is 38.7. The summed E-state index contributed by atoms with van der Waals surface area (Å²) in [5.41, 5.74) is 12.6. The normalized spacial score (nSPS) is 12.1. The minimum atomic E-state index is 0.821. The van der Waals surface area contributed by atoms with Crippen molar-refractivity contribution in [1.82, 2.24) is 0 Å². The number of fused-ring (bicyclic) bond motifs is 7. The standard InChI is InChI=1S/C53H34N2S3/c1-32-46-30-36(34-12-7-15-38(28-34)41-20-10-22-45-43-18-3-5-24-48(43)58-53(41)45)25-26-49(46)56-51(32)50(55-31-54)39-16-8-13-35(29-39)33-11-6-14-37(27-33)40-19-9-21-44-42-17-2-4-23-47(42)57-52(40)44/h2-31,54H,1H3. The summed E-state index contributed by atoms with van der Waals surface area (Å²) in [6.07, 6.45) is 1.17. The summed E-state index contributed by atoms with van der Waals surface area (Å²) in [7, 11) is 0. The van der Waals surface area contributed by atoms with Gasteiger partial charge < -0.3 is 0 Å². The molecule has 8 aromatic carbocycles. The number of hydrogen-bond acceptors (Lipinski definition) is 4. The summed E-state index contributed by atoms with van der Waals surface area (Å²) in [4.78, 5) is 5.80. The van der Waals surface area contributed by atoms with Gasteiger partial charge in [0.05, 0.1) is 10.6 Å². The van der Waals surface area contributed by atoms with Crippen LogP contribution in [0, 0.1) is 12.3 Å². The molecule has 0 fully saturated rings. The molecule has 11 rings (SSSR count). The van der Waals surface area contributed by atoms with Gasteiger partial charge in [0, 0.05) is 50.6 Å². The maximum atomic E-state index is 8.10. The number of rotatable bonds is 7. The molecule has 0 aliphatic carbocycles. The monoisotopic (exact) mass is 794 g/mol. The van der Waals surface area contributed by atoms with Crippen LogP contribution in [0.15, 0.2) is 181 Å². The molecular weight excluding hydrogens is 761 g/mol. The van der Waals surface area contributed by atoms with Crippen LogP contribution in [0.2, 0.25) is 0 Å². The summed E-state index contributed by atoms with van der Waals surface area (Å²) in [6, 6.07) is 63.9. The Morgan fingerprint density at radius 3 is 1.52 bits per heavy atom. The molecule has 0 aliphatic heterocycles. The predicted molar refractivity (Wildman–Crippen MR) is 255 cm³/mol. The molecule has 0 spiro atoms. The fourth-order valence-corrected chi connectivity index (χ4v) is 12.2. The first-order valence-electron chi connectivity index (χ1n) is 19.3. The van der Waals surface area contributed by atoms with Crippen molar-refractivity contribution in [2.75, 3.05) is 0 Å². The zero-order valence-corrected chi connectivity index (χ0v) is 33.9. The van der Waals surface area contributed by atoms with Crippen molar-refractivity contribution < 1.29 is 0 Å². The van der Waals surface area contributed by atoms with Crippen LogP contribution < -0.4 is 0 Å². The van der Waals surface area contributed by atoms with Crippen molar-refractivity contribution in [2.45, 2.75) is 6.92 Å². The molecule has 0 atom stereocenters. The lowest BCUT2D eigenvalue weighted by Crippen LogP contribution is -2.03. The second-order valence-corrected chi connectivity index (χ2v) is 17.8. The number of benzene rings is 8. The molecular formula is C53H34N2S3. The van der Waals surface area contributed by atoms with Gasteiger partial charge in [-0.05, 0) is 105 Å². The highest BCUT2D eigenvalue weighted by Crippen LogP contribution is 2.43. The molecule has 5 heteroatoms. The first kappa shape index (κ1) is 34.7. The molecule has 0 unspecified atom stereocenters. The lowest BCUT2D eigenvalue weighted by atomic mass is 9.95. The van der Waals surface area contributed by atoms with E-state index in [9.17, 15) is 0 Å². The van der Waals surface area contributed by atoms with Gasteiger partial charge in [-0.3, -0.25) is 5.41 Å². The quantitative estimate of drug-likeness (QED) is 0.123. The van der Waals surface area contributed by atoms with Gasteiger partial charge in [-0.2, -0.15) is 0 Å². The van der Waals surface area contributed by atoms with Gasteiger partial charge in [0.25, 0.3) is 0 Å². The number of thiophene rings is 3. The molecule has 0 saturated carbocycles. The first-order chi connectivity index (χ1) is 28.6. The first-order valence-corrected chi connectivity index (χ1v) is 21.8. The van der Waals surface area contributed by atoms with Crippen LogP contribution in [0.4, 0.5) is 0 Å². The van der Waals surface area contributed by atoms with Crippen molar-refractivity contribution in [3.63, 3.8) is 0 Å². The second-order valence-electron chi connectivity index (χ2n) is 14.7. The third-order valence-corrected chi connectivity index (χ3v) is 15.0. The number of hydrogen-bond donors (Lipinski definition) is 1. The molecule has 0 radical (unpaired) electrons. The van der Waals surface area contributed by atoms with Gasteiger partial charge in [-0.1, -0.05) is 133 Å². The second kappa shape index (κ2) is 14.2. The number of nitrogens with zero attached hydrogens (tertiary/aromatic N) is 1. The van der Waals surface area contributed by atoms with E-state index >= 15 is 0 Å². The fourth-order valence-electron chi connectivity index (χ4n) is 8.48. The van der Waals surface area contributed by atoms with Crippen molar-refractivity contribution in [2.24, 2.45) is 4.99 Å². The molecule has 0 aliphatic rings. The lowest BCUT2D eigenvalue weighted by Gasteiger charge is -2.10. The van der Waals surface area contributed by atoms with Crippen LogP contribution in [0.3, 0.4) is 0 Å².